The molecule has 0 saturated heterocycles. The van der Waals surface area contributed by atoms with E-state index in [1.807, 2.05) is 6.07 Å². The van der Waals surface area contributed by atoms with E-state index in [0.717, 1.165) is 4.88 Å². The van der Waals surface area contributed by atoms with Crippen LogP contribution in [-0.2, 0) is 0 Å². The molecular weight excluding hydrogens is 214 g/mol. The molecule has 1 N–H and O–H groups in total. The van der Waals surface area contributed by atoms with Gasteiger partial charge in [0.05, 0.1) is 0 Å². The van der Waals surface area contributed by atoms with E-state index < -0.39 is 0 Å². The quantitative estimate of drug-likeness (QED) is 0.726. The number of rotatable bonds is 0. The van der Waals surface area contributed by atoms with Crippen LogP contribution in [0.5, 0.6) is 5.75 Å². The molecule has 52 valence electrons. The van der Waals surface area contributed by atoms with E-state index in [9.17, 15) is 0 Å². The molecule has 0 aliphatic carbocycles. The van der Waals surface area contributed by atoms with Crippen molar-refractivity contribution in [2.24, 2.45) is 0 Å². The average Bonchev–Trinajstić information content (AvgIpc) is 2.09. The number of aryl methyl sites for hydroxylation is 1. The Hall–Kier alpha value is -0.530. The van der Waals surface area contributed by atoms with Crippen LogP contribution < -0.4 is 0 Å². The van der Waals surface area contributed by atoms with Gasteiger partial charge >= 0.3 is 0 Å². The van der Waals surface area contributed by atoms with Gasteiger partial charge in [0.2, 0.25) is 0 Å². The number of hydrogen-bond acceptors (Lipinski definition) is 3. The van der Waals surface area contributed by atoms with Crippen LogP contribution in [0.3, 0.4) is 0 Å². The number of hydrogen-bond donors (Lipinski definition) is 1. The highest BCUT2D eigenvalue weighted by molar-refractivity contribution is 9.11. The zero-order chi connectivity index (χ0) is 7.72. The number of nitriles is 1. The van der Waals surface area contributed by atoms with Crippen LogP contribution in [0.25, 0.3) is 0 Å². The molecule has 0 atom stereocenters. The fourth-order valence-electron chi connectivity index (χ4n) is 0.630. The molecule has 4 heteroatoms. The van der Waals surface area contributed by atoms with Crippen LogP contribution >= 0.6 is 27.3 Å². The molecule has 10 heavy (non-hydrogen) atoms. The smallest absolute Gasteiger partial charge is 0.158 e. The average molecular weight is 218 g/mol. The molecule has 0 radical (unpaired) electrons. The van der Waals surface area contributed by atoms with Gasteiger partial charge in [-0.1, -0.05) is 0 Å². The summed E-state index contributed by atoms with van der Waals surface area (Å²) in [6, 6.07) is 1.91. The molecule has 0 aliphatic rings. The molecule has 2 nitrogen and oxygen atoms in total. The summed E-state index contributed by atoms with van der Waals surface area (Å²) in [5.74, 6) is 0.0602. The zero-order valence-electron chi connectivity index (χ0n) is 5.18. The molecular formula is C6H4BrNOS. The fraction of sp³-hybridized carbons (Fsp3) is 0.167. The lowest BCUT2D eigenvalue weighted by molar-refractivity contribution is 0.473. The third kappa shape index (κ3) is 1.02. The molecule has 0 unspecified atom stereocenters. The summed E-state index contributed by atoms with van der Waals surface area (Å²) >= 11 is 4.49. The van der Waals surface area contributed by atoms with Crippen molar-refractivity contribution in [3.05, 3.63) is 14.2 Å². The van der Waals surface area contributed by atoms with Crippen molar-refractivity contribution < 1.29 is 5.11 Å². The van der Waals surface area contributed by atoms with Gasteiger partial charge in [-0.2, -0.15) is 5.26 Å². The van der Waals surface area contributed by atoms with Gasteiger partial charge in [0.25, 0.3) is 0 Å². The summed E-state index contributed by atoms with van der Waals surface area (Å²) in [5, 5.41) is 17.6. The maximum atomic E-state index is 9.16. The molecule has 0 bridgehead atoms. The Morgan fingerprint density at radius 2 is 2.30 bits per heavy atom. The lowest BCUT2D eigenvalue weighted by Gasteiger charge is -1.84. The van der Waals surface area contributed by atoms with Crippen LogP contribution in [-0.4, -0.2) is 5.11 Å². The predicted molar refractivity (Wildman–Crippen MR) is 43.1 cm³/mol. The van der Waals surface area contributed by atoms with Crippen LogP contribution in [0, 0.1) is 18.3 Å². The van der Waals surface area contributed by atoms with Crippen molar-refractivity contribution in [1.29, 1.82) is 5.26 Å². The maximum Gasteiger partial charge on any atom is 0.158 e. The second kappa shape index (κ2) is 2.60. The van der Waals surface area contributed by atoms with E-state index in [1.165, 1.54) is 11.3 Å². The molecule has 0 aromatic carbocycles. The first-order valence-corrected chi connectivity index (χ1v) is 4.15. The highest BCUT2D eigenvalue weighted by Gasteiger charge is 2.11. The van der Waals surface area contributed by atoms with E-state index in [2.05, 4.69) is 15.9 Å². The van der Waals surface area contributed by atoms with Gasteiger partial charge in [-0.05, 0) is 22.9 Å². The zero-order valence-corrected chi connectivity index (χ0v) is 7.58. The minimum absolute atomic E-state index is 0.0602. The van der Waals surface area contributed by atoms with Crippen LogP contribution in [0.2, 0.25) is 0 Å². The molecule has 0 amide bonds. The summed E-state index contributed by atoms with van der Waals surface area (Å²) in [4.78, 5) is 0.840. The van der Waals surface area contributed by atoms with Crippen molar-refractivity contribution in [3.8, 4) is 11.8 Å². The summed E-state index contributed by atoms with van der Waals surface area (Å²) in [6.45, 7) is 1.80. The molecule has 0 saturated carbocycles. The summed E-state index contributed by atoms with van der Waals surface area (Å²) in [5.41, 5.74) is 0.372. The largest absolute Gasteiger partial charge is 0.505 e. The van der Waals surface area contributed by atoms with E-state index >= 15 is 0 Å². The molecule has 0 fully saturated rings. The van der Waals surface area contributed by atoms with Crippen molar-refractivity contribution in [2.75, 3.05) is 0 Å². The van der Waals surface area contributed by atoms with Gasteiger partial charge in [0.15, 0.2) is 5.75 Å². The molecule has 1 heterocycles. The first-order chi connectivity index (χ1) is 4.66. The maximum absolute atomic E-state index is 9.16. The third-order valence-electron chi connectivity index (χ3n) is 1.13. The second-order valence-corrected chi connectivity index (χ2v) is 4.31. The van der Waals surface area contributed by atoms with Gasteiger partial charge in [-0.15, -0.1) is 11.3 Å². The lowest BCUT2D eigenvalue weighted by atomic mass is 10.3. The molecule has 1 aromatic heterocycles. The first kappa shape index (κ1) is 7.58. The Morgan fingerprint density at radius 1 is 1.70 bits per heavy atom. The molecule has 1 aromatic rings. The van der Waals surface area contributed by atoms with Crippen LogP contribution in [0.1, 0.15) is 10.4 Å². The second-order valence-electron chi connectivity index (χ2n) is 1.77. The minimum Gasteiger partial charge on any atom is -0.505 e. The highest BCUT2D eigenvalue weighted by atomic mass is 79.9. The van der Waals surface area contributed by atoms with E-state index in [0.29, 0.717) is 9.35 Å². The number of nitrogens with zero attached hydrogens (tertiary/aromatic N) is 1. The van der Waals surface area contributed by atoms with Gasteiger partial charge in [0, 0.05) is 4.88 Å². The first-order valence-electron chi connectivity index (χ1n) is 2.54. The summed E-state index contributed by atoms with van der Waals surface area (Å²) < 4.78 is 0.626. The number of thiophene rings is 1. The highest BCUT2D eigenvalue weighted by Crippen LogP contribution is 2.37. The van der Waals surface area contributed by atoms with Gasteiger partial charge in [-0.25, -0.2) is 0 Å². The van der Waals surface area contributed by atoms with Crippen LogP contribution in [0.4, 0.5) is 0 Å². The molecule has 1 rings (SSSR count). The monoisotopic (exact) mass is 217 g/mol. The molecule has 0 spiro atoms. The lowest BCUT2D eigenvalue weighted by Crippen LogP contribution is -1.70. The third-order valence-corrected chi connectivity index (χ3v) is 2.87. The van der Waals surface area contributed by atoms with Gasteiger partial charge < -0.3 is 5.11 Å². The van der Waals surface area contributed by atoms with Crippen molar-refractivity contribution in [3.63, 3.8) is 0 Å². The standard InChI is InChI=1S/C6H4BrNOS/c1-3-4(2-8)5(9)6(7)10-3/h9H,1H3. The normalized spacial score (nSPS) is 9.30. The number of aromatic hydroxyl groups is 1. The fourth-order valence-corrected chi connectivity index (χ4v) is 2.27. The van der Waals surface area contributed by atoms with Crippen molar-refractivity contribution >= 4 is 27.3 Å². The van der Waals surface area contributed by atoms with Gasteiger partial charge in [-0.3, -0.25) is 0 Å². The number of halogens is 1. The molecule has 0 aliphatic heterocycles. The van der Waals surface area contributed by atoms with Crippen molar-refractivity contribution in [1.82, 2.24) is 0 Å². The summed E-state index contributed by atoms with van der Waals surface area (Å²) in [7, 11) is 0. The van der Waals surface area contributed by atoms with Crippen LogP contribution in [0.15, 0.2) is 3.79 Å². The Morgan fingerprint density at radius 3 is 2.50 bits per heavy atom. The van der Waals surface area contributed by atoms with Crippen molar-refractivity contribution in [2.45, 2.75) is 6.92 Å². The Balaban J connectivity index is 3.37. The van der Waals surface area contributed by atoms with E-state index in [1.54, 1.807) is 6.92 Å². The minimum atomic E-state index is 0.0602. The SMILES string of the molecule is Cc1sc(Br)c(O)c1C#N. The van der Waals surface area contributed by atoms with E-state index in [-0.39, 0.29) is 5.75 Å². The predicted octanol–water partition coefficient (Wildman–Crippen LogP) is 2.40. The Bertz CT molecular complexity index is 299. The van der Waals surface area contributed by atoms with Gasteiger partial charge in [0.1, 0.15) is 15.4 Å². The summed E-state index contributed by atoms with van der Waals surface area (Å²) in [6.07, 6.45) is 0. The Kier molecular flexibility index (Phi) is 1.97. The van der Waals surface area contributed by atoms with E-state index in [4.69, 9.17) is 10.4 Å². The topological polar surface area (TPSA) is 44.0 Å². The Labute approximate surface area is 70.9 Å².